The van der Waals surface area contributed by atoms with Crippen molar-refractivity contribution in [1.29, 1.82) is 0 Å². The van der Waals surface area contributed by atoms with Crippen LogP contribution in [-0.4, -0.2) is 46.3 Å². The molecule has 1 saturated heterocycles. The molecule has 1 amide bonds. The molecule has 1 aromatic heterocycles. The van der Waals surface area contributed by atoms with Gasteiger partial charge < -0.3 is 10.2 Å². The van der Waals surface area contributed by atoms with E-state index in [2.05, 4.69) is 17.3 Å². The third-order valence-electron chi connectivity index (χ3n) is 3.44. The van der Waals surface area contributed by atoms with E-state index in [0.717, 1.165) is 43.7 Å². The van der Waals surface area contributed by atoms with E-state index >= 15 is 0 Å². The molecule has 1 fully saturated rings. The molecule has 2 rings (SSSR count). The number of nitrogens with zero attached hydrogens (tertiary/aromatic N) is 3. The van der Waals surface area contributed by atoms with E-state index in [1.165, 1.54) is 0 Å². The fraction of sp³-hybridized carbons (Fsp3) is 0.692. The Morgan fingerprint density at radius 3 is 2.94 bits per heavy atom. The van der Waals surface area contributed by atoms with Crippen LogP contribution in [0.3, 0.4) is 0 Å². The van der Waals surface area contributed by atoms with E-state index in [1.54, 1.807) is 4.68 Å². The highest BCUT2D eigenvalue weighted by atomic mass is 16.2. The van der Waals surface area contributed by atoms with Crippen molar-refractivity contribution in [3.63, 3.8) is 0 Å². The van der Waals surface area contributed by atoms with Crippen LogP contribution in [0.4, 0.5) is 0 Å². The Kier molecular flexibility index (Phi) is 4.01. The summed E-state index contributed by atoms with van der Waals surface area (Å²) in [5.74, 6) is 0.121. The maximum atomic E-state index is 12.6. The second-order valence-electron chi connectivity index (χ2n) is 4.95. The fourth-order valence-corrected chi connectivity index (χ4v) is 2.56. The SMILES string of the molecule is CCCN(C(=O)c1cn(C)nc1C)C1CCNC1. The van der Waals surface area contributed by atoms with Crippen LogP contribution >= 0.6 is 0 Å². The molecule has 0 saturated carbocycles. The number of aromatic nitrogens is 2. The summed E-state index contributed by atoms with van der Waals surface area (Å²) in [7, 11) is 1.85. The number of rotatable bonds is 4. The van der Waals surface area contributed by atoms with Crippen LogP contribution in [0.25, 0.3) is 0 Å². The van der Waals surface area contributed by atoms with Gasteiger partial charge in [0.25, 0.3) is 5.91 Å². The van der Waals surface area contributed by atoms with Crippen molar-refractivity contribution >= 4 is 5.91 Å². The summed E-state index contributed by atoms with van der Waals surface area (Å²) in [6.07, 6.45) is 3.86. The number of amides is 1. The molecule has 5 nitrogen and oxygen atoms in total. The zero-order valence-electron chi connectivity index (χ0n) is 11.4. The topological polar surface area (TPSA) is 50.2 Å². The Balaban J connectivity index is 2.19. The first-order valence-electron chi connectivity index (χ1n) is 6.65. The number of nitrogens with one attached hydrogen (secondary N) is 1. The molecular weight excluding hydrogens is 228 g/mol. The minimum Gasteiger partial charge on any atom is -0.334 e. The van der Waals surface area contributed by atoms with Gasteiger partial charge in [0.15, 0.2) is 0 Å². The van der Waals surface area contributed by atoms with E-state index in [1.807, 2.05) is 25.1 Å². The Labute approximate surface area is 108 Å². The van der Waals surface area contributed by atoms with Gasteiger partial charge in [0, 0.05) is 32.4 Å². The molecule has 1 aromatic rings. The van der Waals surface area contributed by atoms with Crippen molar-refractivity contribution in [2.24, 2.45) is 7.05 Å². The summed E-state index contributed by atoms with van der Waals surface area (Å²) in [4.78, 5) is 14.6. The lowest BCUT2D eigenvalue weighted by molar-refractivity contribution is 0.0691. The molecule has 1 aliphatic rings. The van der Waals surface area contributed by atoms with Crippen LogP contribution in [0.1, 0.15) is 35.8 Å². The Bertz CT molecular complexity index is 421. The first-order valence-corrected chi connectivity index (χ1v) is 6.65. The highest BCUT2D eigenvalue weighted by molar-refractivity contribution is 5.95. The van der Waals surface area contributed by atoms with Crippen LogP contribution in [0.5, 0.6) is 0 Å². The zero-order valence-corrected chi connectivity index (χ0v) is 11.4. The van der Waals surface area contributed by atoms with E-state index in [4.69, 9.17) is 0 Å². The predicted molar refractivity (Wildman–Crippen MR) is 70.5 cm³/mol. The maximum Gasteiger partial charge on any atom is 0.257 e. The molecule has 0 spiro atoms. The molecule has 0 aromatic carbocycles. The molecule has 0 radical (unpaired) electrons. The van der Waals surface area contributed by atoms with Crippen molar-refractivity contribution in [3.05, 3.63) is 17.5 Å². The van der Waals surface area contributed by atoms with Crippen molar-refractivity contribution in [3.8, 4) is 0 Å². The lowest BCUT2D eigenvalue weighted by atomic mass is 10.1. The maximum absolute atomic E-state index is 12.6. The molecule has 1 aliphatic heterocycles. The number of hydrogen-bond donors (Lipinski definition) is 1. The molecule has 1 unspecified atom stereocenters. The molecular formula is C13H22N4O. The molecule has 1 N–H and O–H groups in total. The zero-order chi connectivity index (χ0) is 13.1. The summed E-state index contributed by atoms with van der Waals surface area (Å²) in [6.45, 7) is 6.73. The van der Waals surface area contributed by atoms with Crippen LogP contribution in [-0.2, 0) is 7.05 Å². The summed E-state index contributed by atoms with van der Waals surface area (Å²) < 4.78 is 1.71. The highest BCUT2D eigenvalue weighted by Crippen LogP contribution is 2.15. The van der Waals surface area contributed by atoms with Crippen molar-refractivity contribution in [2.75, 3.05) is 19.6 Å². The van der Waals surface area contributed by atoms with Gasteiger partial charge in [-0.3, -0.25) is 9.48 Å². The minimum absolute atomic E-state index is 0.121. The van der Waals surface area contributed by atoms with Gasteiger partial charge in [-0.2, -0.15) is 5.10 Å². The normalized spacial score (nSPS) is 19.2. The first kappa shape index (κ1) is 13.1. The standard InChI is InChI=1S/C13H22N4O/c1-4-7-17(11-5-6-14-8-11)13(18)12-9-16(3)15-10(12)2/h9,11,14H,4-8H2,1-3H3. The Morgan fingerprint density at radius 2 is 2.44 bits per heavy atom. The number of aryl methyl sites for hydroxylation is 2. The van der Waals surface area contributed by atoms with Crippen LogP contribution in [0, 0.1) is 6.92 Å². The average Bonchev–Trinajstić information content (AvgIpc) is 2.95. The highest BCUT2D eigenvalue weighted by Gasteiger charge is 2.28. The lowest BCUT2D eigenvalue weighted by Gasteiger charge is -2.28. The monoisotopic (exact) mass is 250 g/mol. The van der Waals surface area contributed by atoms with Gasteiger partial charge >= 0.3 is 0 Å². The van der Waals surface area contributed by atoms with Crippen LogP contribution in [0.2, 0.25) is 0 Å². The van der Waals surface area contributed by atoms with E-state index in [0.29, 0.717) is 6.04 Å². The number of carbonyl (C=O) groups excluding carboxylic acids is 1. The average molecular weight is 250 g/mol. The van der Waals surface area contributed by atoms with Crippen LogP contribution < -0.4 is 5.32 Å². The quantitative estimate of drug-likeness (QED) is 0.865. The van der Waals surface area contributed by atoms with Crippen LogP contribution in [0.15, 0.2) is 6.20 Å². The molecule has 100 valence electrons. The largest absolute Gasteiger partial charge is 0.334 e. The van der Waals surface area contributed by atoms with E-state index in [9.17, 15) is 4.79 Å². The summed E-state index contributed by atoms with van der Waals surface area (Å²) in [5.41, 5.74) is 1.55. The third kappa shape index (κ3) is 2.56. The molecule has 18 heavy (non-hydrogen) atoms. The summed E-state index contributed by atoms with van der Waals surface area (Å²) in [6, 6.07) is 0.331. The van der Waals surface area contributed by atoms with Crippen molar-refractivity contribution in [1.82, 2.24) is 20.0 Å². The van der Waals surface area contributed by atoms with Gasteiger partial charge in [-0.1, -0.05) is 6.92 Å². The van der Waals surface area contributed by atoms with Gasteiger partial charge in [0.05, 0.1) is 11.3 Å². The summed E-state index contributed by atoms with van der Waals surface area (Å²) >= 11 is 0. The van der Waals surface area contributed by atoms with Gasteiger partial charge in [-0.25, -0.2) is 0 Å². The van der Waals surface area contributed by atoms with Gasteiger partial charge in [-0.15, -0.1) is 0 Å². The number of hydrogen-bond acceptors (Lipinski definition) is 3. The Hall–Kier alpha value is -1.36. The molecule has 2 heterocycles. The smallest absolute Gasteiger partial charge is 0.257 e. The minimum atomic E-state index is 0.121. The first-order chi connectivity index (χ1) is 8.63. The number of carbonyl (C=O) groups is 1. The second kappa shape index (κ2) is 5.52. The van der Waals surface area contributed by atoms with Gasteiger partial charge in [0.1, 0.15) is 0 Å². The Morgan fingerprint density at radius 1 is 1.67 bits per heavy atom. The van der Waals surface area contributed by atoms with E-state index in [-0.39, 0.29) is 5.91 Å². The summed E-state index contributed by atoms with van der Waals surface area (Å²) in [5, 5.41) is 7.58. The predicted octanol–water partition coefficient (Wildman–Crippen LogP) is 0.943. The third-order valence-corrected chi connectivity index (χ3v) is 3.44. The molecule has 5 heteroatoms. The molecule has 0 aliphatic carbocycles. The fourth-order valence-electron chi connectivity index (χ4n) is 2.56. The second-order valence-corrected chi connectivity index (χ2v) is 4.95. The van der Waals surface area contributed by atoms with Gasteiger partial charge in [-0.05, 0) is 26.3 Å². The molecule has 1 atom stereocenters. The molecule has 0 bridgehead atoms. The lowest BCUT2D eigenvalue weighted by Crippen LogP contribution is -2.42. The van der Waals surface area contributed by atoms with Crippen molar-refractivity contribution < 1.29 is 4.79 Å². The van der Waals surface area contributed by atoms with Crippen molar-refractivity contribution in [2.45, 2.75) is 32.7 Å². The van der Waals surface area contributed by atoms with E-state index < -0.39 is 0 Å². The van der Waals surface area contributed by atoms with Gasteiger partial charge in [0.2, 0.25) is 0 Å².